The first-order valence-electron chi connectivity index (χ1n) is 31.1. The molecule has 12 nitrogen and oxygen atoms in total. The van der Waals surface area contributed by atoms with Gasteiger partial charge in [-0.25, -0.2) is 0 Å². The van der Waals surface area contributed by atoms with Crippen molar-refractivity contribution >= 4 is 61.4 Å². The molecule has 0 unspecified atom stereocenters. The van der Waals surface area contributed by atoms with Crippen LogP contribution in [0.15, 0.2) is 388 Å². The summed E-state index contributed by atoms with van der Waals surface area (Å²) in [6.45, 7) is 0. The molecule has 0 aliphatic heterocycles. The van der Waals surface area contributed by atoms with E-state index in [4.69, 9.17) is 54.3 Å². The summed E-state index contributed by atoms with van der Waals surface area (Å²) in [5.74, 6) is 8.70. The van der Waals surface area contributed by atoms with Crippen molar-refractivity contribution in [3.8, 4) is 69.0 Å². The zero-order valence-corrected chi connectivity index (χ0v) is 64.9. The third kappa shape index (κ3) is 36.0. The molecule has 0 amide bonds. The molecule has 12 aromatic carbocycles. The Hall–Kier alpha value is -7.95. The number of allylic oxidation sites excluding steroid dienone is 4. The summed E-state index contributed by atoms with van der Waals surface area (Å²) >= 11 is 0. The van der Waals surface area contributed by atoms with E-state index in [1.54, 1.807) is 0 Å². The van der Waals surface area contributed by atoms with Gasteiger partial charge >= 0.3 is 54.8 Å². The van der Waals surface area contributed by atoms with Gasteiger partial charge in [0.2, 0.25) is 0 Å². The van der Waals surface area contributed by atoms with Crippen molar-refractivity contribution in [1.82, 2.24) is 0 Å². The van der Waals surface area contributed by atoms with Crippen molar-refractivity contribution in [3.05, 3.63) is 388 Å². The summed E-state index contributed by atoms with van der Waals surface area (Å²) in [4.78, 5) is 0. The molecule has 0 N–H and O–H groups in total. The van der Waals surface area contributed by atoms with Gasteiger partial charge in [0, 0.05) is 39.0 Å². The molecule has 0 atom stereocenters. The van der Waals surface area contributed by atoms with Crippen LogP contribution in [0.25, 0.3) is 0 Å². The second-order valence-electron chi connectivity index (χ2n) is 20.1. The van der Waals surface area contributed by atoms with Crippen molar-refractivity contribution in [1.29, 1.82) is 0 Å². The minimum absolute atomic E-state index is 0. The molecule has 526 valence electrons. The number of hydrogen-bond acceptors (Lipinski definition) is 12. The Kier molecular flexibility index (Phi) is 44.8. The van der Waals surface area contributed by atoms with E-state index in [0.29, 0.717) is 0 Å². The minimum atomic E-state index is -2.00. The maximum absolute atomic E-state index is 5.88. The van der Waals surface area contributed by atoms with E-state index < -0.39 is 34.4 Å². The fourth-order valence-corrected chi connectivity index (χ4v) is 12.6. The normalized spacial score (nSPS) is 11.1. The monoisotopic (exact) mass is 1730 g/mol. The van der Waals surface area contributed by atoms with E-state index in [0.717, 1.165) is 69.0 Å². The predicted molar refractivity (Wildman–Crippen MR) is 410 cm³/mol. The fraction of sp³-hybridized carbons (Fsp3) is 0.0500. The van der Waals surface area contributed by atoms with E-state index in [2.05, 4.69) is 24.3 Å². The summed E-state index contributed by atoms with van der Waals surface area (Å²) in [6, 6.07) is 114. The van der Waals surface area contributed by atoms with E-state index >= 15 is 0 Å². The Labute approximate surface area is 652 Å². The molecule has 1 aliphatic carbocycles. The quantitative estimate of drug-likeness (QED) is 0.0326. The summed E-state index contributed by atoms with van der Waals surface area (Å²) in [6.07, 6.45) is 14.0. The average Bonchev–Trinajstić information content (AvgIpc) is 0.948. The van der Waals surface area contributed by atoms with Gasteiger partial charge in [-0.05, 0) is 171 Å². The van der Waals surface area contributed by atoms with Gasteiger partial charge < -0.3 is 27.0 Å². The van der Waals surface area contributed by atoms with Crippen LogP contribution in [0, 0.1) is 0 Å². The smallest absolute Gasteiger partial charge is 2.00 e. The summed E-state index contributed by atoms with van der Waals surface area (Å²) < 4.78 is 70.6. The average molecular weight is 1730 g/mol. The van der Waals surface area contributed by atoms with Gasteiger partial charge in [-0.1, -0.05) is 243 Å². The van der Waals surface area contributed by atoms with E-state index in [1.165, 1.54) is 25.7 Å². The Bertz CT molecular complexity index is 3070. The van der Waals surface area contributed by atoms with Crippen molar-refractivity contribution < 1.29 is 114 Å². The topological polar surface area (TPSA) is 111 Å². The number of benzene rings is 12. The van der Waals surface area contributed by atoms with E-state index in [-0.39, 0.29) is 86.4 Å². The molecule has 13 rings (SSSR count). The van der Waals surface area contributed by atoms with Crippen LogP contribution in [0.2, 0.25) is 0 Å². The molecule has 0 aromatic heterocycles. The minimum Gasteiger partial charge on any atom is -2.00 e. The van der Waals surface area contributed by atoms with Gasteiger partial charge in [-0.2, -0.15) is 0 Å². The van der Waals surface area contributed by atoms with Gasteiger partial charge in [-0.15, -0.1) is 0 Å². The predicted octanol–water partition coefficient (Wildman–Crippen LogP) is 23.4. The molecule has 0 heterocycles. The van der Waals surface area contributed by atoms with Gasteiger partial charge in [0.1, 0.15) is 0 Å². The Morgan fingerprint density at radius 2 is 0.228 bits per heavy atom. The fourth-order valence-electron chi connectivity index (χ4n) is 8.12. The molecule has 2 radical (unpaired) electrons. The molecule has 0 saturated carbocycles. The van der Waals surface area contributed by atoms with Crippen LogP contribution in [0.4, 0.5) is 0 Å². The first kappa shape index (κ1) is 85.5. The Balaban J connectivity index is 0.000000271. The molecular formula is C80H76O12P4PdRh2S2+2. The maximum Gasteiger partial charge on any atom is 2.00 e. The first-order valence-corrected chi connectivity index (χ1v) is 36.0. The molecule has 0 fully saturated rings. The van der Waals surface area contributed by atoms with E-state index in [1.807, 2.05) is 364 Å². The third-order valence-corrected chi connectivity index (χ3v) is 17.5. The van der Waals surface area contributed by atoms with Gasteiger partial charge in [-0.3, -0.25) is 54.3 Å². The summed E-state index contributed by atoms with van der Waals surface area (Å²) in [5, 5.41) is 0. The van der Waals surface area contributed by atoms with Crippen LogP contribution in [0.5, 0.6) is 69.0 Å². The van der Waals surface area contributed by atoms with Crippen LogP contribution in [-0.2, 0) is 86.4 Å². The summed E-state index contributed by atoms with van der Waals surface area (Å²) in [5.41, 5.74) is 0. The van der Waals surface area contributed by atoms with Crippen molar-refractivity contribution in [2.75, 3.05) is 0 Å². The maximum atomic E-state index is 5.88. The molecule has 0 bridgehead atoms. The number of rotatable bonds is 24. The Morgan fingerprint density at radius 3 is 0.307 bits per heavy atom. The van der Waals surface area contributed by atoms with Crippen LogP contribution >= 0.6 is 34.4 Å². The first-order chi connectivity index (χ1) is 47.6. The van der Waals surface area contributed by atoms with Crippen LogP contribution in [0.1, 0.15) is 25.7 Å². The molecule has 12 aromatic rings. The number of hydrogen-bond donors (Lipinski definition) is 0. The second kappa shape index (κ2) is 52.9. The van der Waals surface area contributed by atoms with Crippen molar-refractivity contribution in [3.63, 3.8) is 0 Å². The zero-order valence-electron chi connectivity index (χ0n) is 54.5. The van der Waals surface area contributed by atoms with Crippen LogP contribution in [-0.4, -0.2) is 0 Å². The molecule has 0 spiro atoms. The molecule has 101 heavy (non-hydrogen) atoms. The molecule has 1 aliphatic rings. The second-order valence-corrected chi connectivity index (χ2v) is 24.5. The largest absolute Gasteiger partial charge is 2.00 e. The van der Waals surface area contributed by atoms with Crippen LogP contribution in [0.3, 0.4) is 0 Å². The number of para-hydroxylation sites is 12. The van der Waals surface area contributed by atoms with Crippen molar-refractivity contribution in [2.45, 2.75) is 25.7 Å². The molecular weight excluding hydrogens is 1650 g/mol. The third-order valence-electron chi connectivity index (χ3n) is 12.7. The standard InChI is InChI=1S/4C18H16O3P.C8H12.Pd.2Rh.2S/c4*1-4-10-16(11-5-1)19-22(20-17-12-6-2-7-13-17)21-18-14-8-3-9-15-18;1-2-4-6-8-7-5-3-1;;;;;/h4*1-15,22H;1-2,7-8H,3-6H2;;;;;/q4*+1;;+2;;;2*-2/b;;;;2-1-,8-7-;;;;;. The summed E-state index contributed by atoms with van der Waals surface area (Å²) in [7, 11) is -8.01. The SMILES string of the molecule is C1=C\CC/C=C\CC/1.[Pd+2].[Rh].[Rh].[S-2].[S-2].c1ccc(O[PH+](Oc2ccccc2)Oc2ccccc2)cc1.c1ccc(O[PH+](Oc2ccccc2)Oc2ccccc2)cc1.c1ccc(O[PH+](Oc2ccccc2)Oc2ccccc2)cc1.c1ccc(O[PH+](Oc2ccccc2)Oc2ccccc2)cc1. The molecule has 21 heteroatoms. The van der Waals surface area contributed by atoms with Gasteiger partial charge in [0.25, 0.3) is 0 Å². The van der Waals surface area contributed by atoms with Gasteiger partial charge in [0.05, 0.1) is 0 Å². The zero-order chi connectivity index (χ0) is 65.8. The van der Waals surface area contributed by atoms with Crippen molar-refractivity contribution in [2.24, 2.45) is 0 Å². The van der Waals surface area contributed by atoms with Gasteiger partial charge in [0.15, 0.2) is 69.0 Å². The molecule has 0 saturated heterocycles. The van der Waals surface area contributed by atoms with Crippen LogP contribution < -0.4 is 54.3 Å². The van der Waals surface area contributed by atoms with E-state index in [9.17, 15) is 0 Å². The Morgan fingerprint density at radius 1 is 0.149 bits per heavy atom.